The van der Waals surface area contributed by atoms with Crippen LogP contribution in [0.15, 0.2) is 48.5 Å². The molecule has 2 aromatic carbocycles. The Bertz CT molecular complexity index is 627. The number of phenols is 2. The van der Waals surface area contributed by atoms with Gasteiger partial charge in [0, 0.05) is 37.7 Å². The molecule has 0 heterocycles. The number of hydrogen-bond donors (Lipinski definition) is 2. The van der Waals surface area contributed by atoms with Gasteiger partial charge in [0.2, 0.25) is 0 Å². The number of aryl methyl sites for hydroxylation is 2. The van der Waals surface area contributed by atoms with Gasteiger partial charge < -0.3 is 10.2 Å². The summed E-state index contributed by atoms with van der Waals surface area (Å²) in [5.74, 6) is 0.905. The molecule has 2 N–H and O–H groups in total. The van der Waals surface area contributed by atoms with Gasteiger partial charge in [-0.15, -0.1) is 0 Å². The number of hydrogen-bond acceptors (Lipinski definition) is 2. The van der Waals surface area contributed by atoms with Crippen LogP contribution in [-0.4, -0.2) is 48.0 Å². The van der Waals surface area contributed by atoms with E-state index >= 15 is 0 Å². The van der Waals surface area contributed by atoms with Crippen LogP contribution >= 0.6 is 0 Å². The van der Waals surface area contributed by atoms with Gasteiger partial charge in [0.1, 0.15) is 11.5 Å². The van der Waals surface area contributed by atoms with Crippen molar-refractivity contribution in [2.24, 2.45) is 0 Å². The standard InChI is InChI=1S/2C15H24O.Ca/c2*1-2-3-4-5-6-7-8-11-14-12-9-10-13-15(14)16;/h2*9-10,12-13,16H,2-8,11H2,1H3;. The number of rotatable bonds is 16. The van der Waals surface area contributed by atoms with E-state index in [0.29, 0.717) is 11.5 Å². The van der Waals surface area contributed by atoms with Crippen LogP contribution < -0.4 is 0 Å². The predicted octanol–water partition coefficient (Wildman–Crippen LogP) is 8.99. The molecule has 0 unspecified atom stereocenters. The summed E-state index contributed by atoms with van der Waals surface area (Å²) in [4.78, 5) is 0. The van der Waals surface area contributed by atoms with E-state index in [-0.39, 0.29) is 37.7 Å². The second-order valence-corrected chi connectivity index (χ2v) is 9.00. The number of unbranched alkanes of at least 4 members (excludes halogenated alkanes) is 12. The van der Waals surface area contributed by atoms with E-state index in [1.54, 1.807) is 12.1 Å². The molecule has 0 aromatic heterocycles. The first-order chi connectivity index (χ1) is 15.7. The topological polar surface area (TPSA) is 40.5 Å². The minimum absolute atomic E-state index is 0. The Kier molecular flexibility index (Phi) is 22.6. The largest absolute Gasteiger partial charge is 0.508 e. The summed E-state index contributed by atoms with van der Waals surface area (Å²) in [6.07, 6.45) is 20.6. The summed E-state index contributed by atoms with van der Waals surface area (Å²) in [6, 6.07) is 15.3. The molecule has 33 heavy (non-hydrogen) atoms. The first kappa shape index (κ1) is 32.3. The van der Waals surface area contributed by atoms with Crippen LogP contribution in [0.1, 0.15) is 115 Å². The van der Waals surface area contributed by atoms with Gasteiger partial charge in [0.25, 0.3) is 0 Å². The maximum absolute atomic E-state index is 9.58. The van der Waals surface area contributed by atoms with Gasteiger partial charge in [0.05, 0.1) is 0 Å². The normalized spacial score (nSPS) is 10.2. The zero-order chi connectivity index (χ0) is 23.3. The van der Waals surface area contributed by atoms with Crippen molar-refractivity contribution in [1.82, 2.24) is 0 Å². The van der Waals surface area contributed by atoms with E-state index < -0.39 is 0 Å². The van der Waals surface area contributed by atoms with Gasteiger partial charge in [-0.05, 0) is 48.9 Å². The Morgan fingerprint density at radius 3 is 1.09 bits per heavy atom. The Morgan fingerprint density at radius 2 is 0.758 bits per heavy atom. The fourth-order valence-corrected chi connectivity index (χ4v) is 3.99. The first-order valence-electron chi connectivity index (χ1n) is 13.2. The van der Waals surface area contributed by atoms with Crippen molar-refractivity contribution in [3.63, 3.8) is 0 Å². The summed E-state index contributed by atoms with van der Waals surface area (Å²) in [5, 5.41) is 19.2. The van der Waals surface area contributed by atoms with Crippen LogP contribution in [0.25, 0.3) is 0 Å². The molecule has 2 radical (unpaired) electrons. The van der Waals surface area contributed by atoms with Crippen LogP contribution in [0, 0.1) is 0 Å². The van der Waals surface area contributed by atoms with Crippen molar-refractivity contribution < 1.29 is 10.2 Å². The molecule has 3 heteroatoms. The molecule has 2 aromatic rings. The van der Waals surface area contributed by atoms with Crippen molar-refractivity contribution in [1.29, 1.82) is 0 Å². The summed E-state index contributed by atoms with van der Waals surface area (Å²) in [7, 11) is 0. The minimum Gasteiger partial charge on any atom is -0.508 e. The van der Waals surface area contributed by atoms with Crippen molar-refractivity contribution in [3.05, 3.63) is 59.7 Å². The summed E-state index contributed by atoms with van der Waals surface area (Å²) >= 11 is 0. The van der Waals surface area contributed by atoms with Crippen molar-refractivity contribution in [2.45, 2.75) is 117 Å². The maximum atomic E-state index is 9.58. The van der Waals surface area contributed by atoms with Crippen LogP contribution in [0.2, 0.25) is 0 Å². The number of aromatic hydroxyl groups is 2. The molecular weight excluding hydrogens is 432 g/mol. The van der Waals surface area contributed by atoms with Gasteiger partial charge in [0.15, 0.2) is 0 Å². The summed E-state index contributed by atoms with van der Waals surface area (Å²) in [5.41, 5.74) is 2.19. The fraction of sp³-hybridized carbons (Fsp3) is 0.600. The van der Waals surface area contributed by atoms with Crippen molar-refractivity contribution >= 4 is 37.7 Å². The van der Waals surface area contributed by atoms with Crippen molar-refractivity contribution in [3.8, 4) is 11.5 Å². The zero-order valence-electron chi connectivity index (χ0n) is 21.5. The molecule has 0 bridgehead atoms. The molecular formula is C30H48CaO2. The SMILES string of the molecule is CCCCCCCCCc1ccccc1O.CCCCCCCCCc1ccccc1O.[Ca]. The van der Waals surface area contributed by atoms with E-state index in [1.165, 1.54) is 89.9 Å². The van der Waals surface area contributed by atoms with Gasteiger partial charge >= 0.3 is 0 Å². The summed E-state index contributed by atoms with van der Waals surface area (Å²) in [6.45, 7) is 4.50. The molecule has 2 rings (SSSR count). The Hall–Kier alpha value is -0.700. The van der Waals surface area contributed by atoms with Crippen LogP contribution in [-0.2, 0) is 12.8 Å². The average molecular weight is 481 g/mol. The van der Waals surface area contributed by atoms with Crippen molar-refractivity contribution in [2.75, 3.05) is 0 Å². The van der Waals surface area contributed by atoms with E-state index in [4.69, 9.17) is 0 Å². The smallest absolute Gasteiger partial charge is 0.118 e. The molecule has 0 saturated carbocycles. The van der Waals surface area contributed by atoms with E-state index in [9.17, 15) is 10.2 Å². The third kappa shape index (κ3) is 17.4. The second kappa shape index (κ2) is 23.1. The molecule has 0 aliphatic carbocycles. The first-order valence-corrected chi connectivity index (χ1v) is 13.2. The van der Waals surface area contributed by atoms with Gasteiger partial charge in [-0.25, -0.2) is 0 Å². The quantitative estimate of drug-likeness (QED) is 0.186. The average Bonchev–Trinajstić information content (AvgIpc) is 2.80. The zero-order valence-corrected chi connectivity index (χ0v) is 23.7. The third-order valence-corrected chi connectivity index (χ3v) is 6.08. The molecule has 0 aliphatic heterocycles. The number of phenolic OH excluding ortho intramolecular Hbond substituents is 2. The predicted molar refractivity (Wildman–Crippen MR) is 145 cm³/mol. The van der Waals surface area contributed by atoms with Crippen LogP contribution in [0.4, 0.5) is 0 Å². The molecule has 2 nitrogen and oxygen atoms in total. The molecule has 0 spiro atoms. The molecule has 182 valence electrons. The number of para-hydroxylation sites is 2. The maximum Gasteiger partial charge on any atom is 0.118 e. The van der Waals surface area contributed by atoms with Crippen LogP contribution in [0.3, 0.4) is 0 Å². The van der Waals surface area contributed by atoms with Crippen LogP contribution in [0.5, 0.6) is 11.5 Å². The Morgan fingerprint density at radius 1 is 0.455 bits per heavy atom. The molecule has 0 saturated heterocycles. The monoisotopic (exact) mass is 480 g/mol. The fourth-order valence-electron chi connectivity index (χ4n) is 3.99. The van der Waals surface area contributed by atoms with E-state index in [1.807, 2.05) is 36.4 Å². The van der Waals surface area contributed by atoms with E-state index in [0.717, 1.165) is 24.0 Å². The second-order valence-electron chi connectivity index (χ2n) is 9.00. The third-order valence-electron chi connectivity index (χ3n) is 6.08. The number of benzene rings is 2. The molecule has 0 aliphatic rings. The minimum atomic E-state index is 0. The molecule has 0 atom stereocenters. The Labute approximate surface area is 234 Å². The Balaban J connectivity index is 0.000000602. The molecule has 0 amide bonds. The van der Waals surface area contributed by atoms with Gasteiger partial charge in [-0.1, -0.05) is 127 Å². The van der Waals surface area contributed by atoms with Gasteiger partial charge in [-0.2, -0.15) is 0 Å². The molecule has 0 fully saturated rings. The van der Waals surface area contributed by atoms with E-state index in [2.05, 4.69) is 13.8 Å². The summed E-state index contributed by atoms with van der Waals surface area (Å²) < 4.78 is 0. The van der Waals surface area contributed by atoms with Gasteiger partial charge in [-0.3, -0.25) is 0 Å².